The van der Waals surface area contributed by atoms with Gasteiger partial charge < -0.3 is 33.4 Å². The first kappa shape index (κ1) is 20.7. The number of hydrogen-bond donors (Lipinski definition) is 1. The van der Waals surface area contributed by atoms with Crippen LogP contribution in [0, 0.1) is 6.92 Å². The van der Waals surface area contributed by atoms with Crippen LogP contribution in [0.4, 0.5) is 5.69 Å². The van der Waals surface area contributed by atoms with E-state index in [0.717, 1.165) is 0 Å². The quantitative estimate of drug-likeness (QED) is 0.630. The highest BCUT2D eigenvalue weighted by atomic mass is 16.7. The molecule has 3 heterocycles. The van der Waals surface area contributed by atoms with Crippen LogP contribution in [0.3, 0.4) is 0 Å². The molecule has 2 aliphatic heterocycles. The van der Waals surface area contributed by atoms with Gasteiger partial charge in [-0.3, -0.25) is 4.79 Å². The van der Waals surface area contributed by atoms with Crippen LogP contribution in [-0.4, -0.2) is 33.0 Å². The number of carbonyl (C=O) groups excluding carboxylic acids is 1. The van der Waals surface area contributed by atoms with Gasteiger partial charge in [0.2, 0.25) is 12.5 Å². The zero-order valence-corrected chi connectivity index (χ0v) is 18.2. The van der Waals surface area contributed by atoms with Crippen molar-refractivity contribution in [2.75, 3.05) is 26.3 Å². The van der Waals surface area contributed by atoms with Crippen molar-refractivity contribution >= 4 is 11.6 Å². The van der Waals surface area contributed by atoms with Crippen LogP contribution in [0.15, 0.2) is 51.7 Å². The molecule has 9 nitrogen and oxygen atoms in total. The molecule has 1 N–H and O–H groups in total. The Morgan fingerprint density at radius 1 is 1.03 bits per heavy atom. The number of rotatable bonds is 5. The Bertz CT molecular complexity index is 1280. The van der Waals surface area contributed by atoms with E-state index in [1.165, 1.54) is 7.11 Å². The molecule has 9 heteroatoms. The standard InChI is InChI=1S/C24H21NO8/c1-12-8-16-20(24(27)32-12)19(13-9-17(29-3)21-18(10-13)30-11-31-21)22(33-16)23(26)25-14-4-6-15(28-2)7-5-14/h4-10,19,22H,11H2,1-3H3,(H,25,26)/t19-,22-/m0/s1. The van der Waals surface area contributed by atoms with Gasteiger partial charge in [0.1, 0.15) is 17.3 Å². The predicted octanol–water partition coefficient (Wildman–Crippen LogP) is 3.23. The zero-order valence-electron chi connectivity index (χ0n) is 18.2. The molecule has 1 aromatic heterocycles. The number of amides is 1. The third kappa shape index (κ3) is 3.61. The van der Waals surface area contributed by atoms with E-state index in [9.17, 15) is 9.59 Å². The number of hydrogen-bond acceptors (Lipinski definition) is 8. The fourth-order valence-electron chi connectivity index (χ4n) is 4.09. The molecule has 0 bridgehead atoms. The van der Waals surface area contributed by atoms with Crippen molar-refractivity contribution in [2.45, 2.75) is 18.9 Å². The Kier molecular flexibility index (Phi) is 5.08. The summed E-state index contributed by atoms with van der Waals surface area (Å²) in [6, 6.07) is 11.9. The Balaban J connectivity index is 1.56. The van der Waals surface area contributed by atoms with Gasteiger partial charge >= 0.3 is 5.63 Å². The fourth-order valence-corrected chi connectivity index (χ4v) is 4.09. The van der Waals surface area contributed by atoms with Crippen molar-refractivity contribution in [3.63, 3.8) is 0 Å². The minimum atomic E-state index is -1.03. The molecule has 0 spiro atoms. The molecule has 0 saturated heterocycles. The fraction of sp³-hybridized carbons (Fsp3) is 0.250. The summed E-state index contributed by atoms with van der Waals surface area (Å²) in [6.07, 6.45) is -1.03. The Morgan fingerprint density at radius 3 is 2.55 bits per heavy atom. The van der Waals surface area contributed by atoms with Gasteiger partial charge in [0.05, 0.1) is 25.7 Å². The van der Waals surface area contributed by atoms with Crippen molar-refractivity contribution in [3.8, 4) is 28.7 Å². The summed E-state index contributed by atoms with van der Waals surface area (Å²) >= 11 is 0. The number of aryl methyl sites for hydroxylation is 1. The molecule has 0 fully saturated rings. The third-order valence-corrected chi connectivity index (χ3v) is 5.60. The maximum Gasteiger partial charge on any atom is 0.343 e. The molecule has 0 unspecified atom stereocenters. The maximum absolute atomic E-state index is 13.3. The van der Waals surface area contributed by atoms with Crippen LogP contribution < -0.4 is 34.6 Å². The first-order chi connectivity index (χ1) is 16.0. The van der Waals surface area contributed by atoms with Gasteiger partial charge in [0, 0.05) is 11.8 Å². The van der Waals surface area contributed by atoms with Crippen molar-refractivity contribution in [1.82, 2.24) is 0 Å². The summed E-state index contributed by atoms with van der Waals surface area (Å²) in [6.45, 7) is 1.70. The lowest BCUT2D eigenvalue weighted by Gasteiger charge is -2.20. The topological polar surface area (TPSA) is 105 Å². The first-order valence-electron chi connectivity index (χ1n) is 10.2. The Hall–Kier alpha value is -4.14. The molecule has 5 rings (SSSR count). The highest BCUT2D eigenvalue weighted by Gasteiger charge is 2.44. The van der Waals surface area contributed by atoms with E-state index in [-0.39, 0.29) is 12.4 Å². The number of fused-ring (bicyclic) bond motifs is 2. The average Bonchev–Trinajstić information content (AvgIpc) is 3.43. The smallest absolute Gasteiger partial charge is 0.343 e. The summed E-state index contributed by atoms with van der Waals surface area (Å²) in [5.74, 6) is 1.54. The van der Waals surface area contributed by atoms with E-state index < -0.39 is 23.6 Å². The summed E-state index contributed by atoms with van der Waals surface area (Å²) < 4.78 is 32.9. The van der Waals surface area contributed by atoms with E-state index >= 15 is 0 Å². The van der Waals surface area contributed by atoms with Crippen LogP contribution in [0.5, 0.6) is 28.7 Å². The average molecular weight is 451 g/mol. The molecule has 2 aromatic carbocycles. The van der Waals surface area contributed by atoms with E-state index in [0.29, 0.717) is 45.8 Å². The van der Waals surface area contributed by atoms with E-state index in [2.05, 4.69) is 5.32 Å². The zero-order chi connectivity index (χ0) is 23.1. The number of ether oxygens (including phenoxy) is 5. The van der Waals surface area contributed by atoms with Crippen LogP contribution in [0.2, 0.25) is 0 Å². The summed E-state index contributed by atoms with van der Waals surface area (Å²) in [5, 5.41) is 2.85. The summed E-state index contributed by atoms with van der Waals surface area (Å²) in [5.41, 5.74) is 0.856. The van der Waals surface area contributed by atoms with Gasteiger partial charge in [-0.25, -0.2) is 4.79 Å². The molecule has 2 aliphatic rings. The van der Waals surface area contributed by atoms with E-state index in [4.69, 9.17) is 28.1 Å². The van der Waals surface area contributed by atoms with Crippen molar-refractivity contribution in [3.05, 3.63) is 69.8 Å². The van der Waals surface area contributed by atoms with Gasteiger partial charge in [-0.05, 0) is 48.9 Å². The SMILES string of the molecule is COc1ccc(NC(=O)[C@H]2Oc3cc(C)oc(=O)c3[C@@H]2c2cc(OC)c3c(c2)OCO3)cc1. The number of benzene rings is 2. The second-order valence-corrected chi connectivity index (χ2v) is 7.61. The normalized spacial score (nSPS) is 17.8. The minimum absolute atomic E-state index is 0.0512. The van der Waals surface area contributed by atoms with Crippen molar-refractivity contribution in [2.24, 2.45) is 0 Å². The lowest BCUT2D eigenvalue weighted by atomic mass is 9.88. The molecular formula is C24H21NO8. The van der Waals surface area contributed by atoms with Gasteiger partial charge in [-0.1, -0.05) is 0 Å². The molecule has 0 aliphatic carbocycles. The summed E-state index contributed by atoms with van der Waals surface area (Å²) in [7, 11) is 3.07. The highest BCUT2D eigenvalue weighted by molar-refractivity contribution is 5.96. The van der Waals surface area contributed by atoms with Crippen LogP contribution in [0.25, 0.3) is 0 Å². The number of methoxy groups -OCH3 is 2. The summed E-state index contributed by atoms with van der Waals surface area (Å²) in [4.78, 5) is 26.1. The second-order valence-electron chi connectivity index (χ2n) is 7.61. The third-order valence-electron chi connectivity index (χ3n) is 5.60. The molecule has 3 aromatic rings. The van der Waals surface area contributed by atoms with Gasteiger partial charge in [-0.15, -0.1) is 0 Å². The van der Waals surface area contributed by atoms with Gasteiger partial charge in [0.15, 0.2) is 17.6 Å². The molecule has 1 amide bonds. The van der Waals surface area contributed by atoms with Gasteiger partial charge in [0.25, 0.3) is 5.91 Å². The predicted molar refractivity (Wildman–Crippen MR) is 117 cm³/mol. The van der Waals surface area contributed by atoms with Crippen LogP contribution in [0.1, 0.15) is 22.8 Å². The first-order valence-corrected chi connectivity index (χ1v) is 10.2. The molecule has 170 valence electrons. The number of nitrogens with one attached hydrogen (secondary N) is 1. The molecule has 2 atom stereocenters. The highest BCUT2D eigenvalue weighted by Crippen LogP contribution is 2.48. The second kappa shape index (κ2) is 8.09. The van der Waals surface area contributed by atoms with Gasteiger partial charge in [-0.2, -0.15) is 0 Å². The lowest BCUT2D eigenvalue weighted by Crippen LogP contribution is -2.35. The van der Waals surface area contributed by atoms with Crippen molar-refractivity contribution in [1.29, 1.82) is 0 Å². The number of carbonyl (C=O) groups is 1. The Labute approximate surface area is 188 Å². The molecular weight excluding hydrogens is 430 g/mol. The van der Waals surface area contributed by atoms with Crippen LogP contribution in [-0.2, 0) is 4.79 Å². The van der Waals surface area contributed by atoms with E-state index in [1.807, 2.05) is 0 Å². The largest absolute Gasteiger partial charge is 0.497 e. The maximum atomic E-state index is 13.3. The monoisotopic (exact) mass is 451 g/mol. The van der Waals surface area contributed by atoms with Crippen LogP contribution >= 0.6 is 0 Å². The molecule has 0 saturated carbocycles. The van der Waals surface area contributed by atoms with E-state index in [1.54, 1.807) is 56.5 Å². The lowest BCUT2D eigenvalue weighted by molar-refractivity contribution is -0.122. The Morgan fingerprint density at radius 2 is 1.82 bits per heavy atom. The van der Waals surface area contributed by atoms with Crippen molar-refractivity contribution < 1.29 is 32.9 Å². The number of anilines is 1. The molecule has 0 radical (unpaired) electrons. The molecule has 33 heavy (non-hydrogen) atoms. The minimum Gasteiger partial charge on any atom is -0.497 e.